The van der Waals surface area contributed by atoms with Crippen LogP contribution in [0.4, 0.5) is 0 Å². The van der Waals surface area contributed by atoms with Crippen LogP contribution in [-0.4, -0.2) is 11.6 Å². The predicted octanol–water partition coefficient (Wildman–Crippen LogP) is 5.53. The third-order valence-corrected chi connectivity index (χ3v) is 4.20. The van der Waals surface area contributed by atoms with Gasteiger partial charge in [0.15, 0.2) is 0 Å². The highest BCUT2D eigenvalue weighted by Crippen LogP contribution is 2.30. The molecule has 0 aliphatic rings. The minimum absolute atomic E-state index is 0.677. The summed E-state index contributed by atoms with van der Waals surface area (Å²) in [5, 5.41) is 3.80. The van der Waals surface area contributed by atoms with Crippen LogP contribution in [0.3, 0.4) is 0 Å². The third-order valence-electron chi connectivity index (χ3n) is 3.06. The zero-order valence-electron chi connectivity index (χ0n) is 11.5. The minimum Gasteiger partial charge on any atom is -0.494 e. The van der Waals surface area contributed by atoms with Crippen molar-refractivity contribution in [2.75, 3.05) is 6.61 Å². The predicted molar refractivity (Wildman–Crippen MR) is 89.2 cm³/mol. The van der Waals surface area contributed by atoms with Gasteiger partial charge in [-0.15, -0.1) is 11.3 Å². The number of hydrogen-bond acceptors (Lipinski definition) is 3. The Bertz CT molecular complexity index is 719. The summed E-state index contributed by atoms with van der Waals surface area (Å²) >= 11 is 7.54. The lowest BCUT2D eigenvalue weighted by Crippen LogP contribution is -1.90. The molecule has 0 saturated heterocycles. The molecule has 0 aliphatic heterocycles. The van der Waals surface area contributed by atoms with Crippen LogP contribution in [0.1, 0.15) is 6.92 Å². The van der Waals surface area contributed by atoms with E-state index in [2.05, 4.69) is 5.38 Å². The third kappa shape index (κ3) is 3.26. The first-order valence-electron chi connectivity index (χ1n) is 6.71. The molecule has 106 valence electrons. The number of nitrogens with zero attached hydrogens (tertiary/aromatic N) is 1. The molecule has 1 heterocycles. The highest BCUT2D eigenvalue weighted by Gasteiger charge is 2.07. The van der Waals surface area contributed by atoms with E-state index < -0.39 is 0 Å². The van der Waals surface area contributed by atoms with Gasteiger partial charge in [-0.3, -0.25) is 0 Å². The monoisotopic (exact) mass is 315 g/mol. The van der Waals surface area contributed by atoms with E-state index in [0.717, 1.165) is 32.6 Å². The number of ether oxygens (including phenoxy) is 1. The first kappa shape index (κ1) is 14.1. The quantitative estimate of drug-likeness (QED) is 0.631. The van der Waals surface area contributed by atoms with Crippen molar-refractivity contribution >= 4 is 22.9 Å². The van der Waals surface area contributed by atoms with Gasteiger partial charge in [0.25, 0.3) is 0 Å². The molecule has 0 fully saturated rings. The van der Waals surface area contributed by atoms with E-state index in [9.17, 15) is 0 Å². The molecule has 0 spiro atoms. The number of thiazole rings is 1. The standard InChI is InChI=1S/C17H14ClNOS/c1-2-20-15-9-5-12(6-10-15)16-11-21-17(19-16)13-3-7-14(18)8-4-13/h3-11H,2H2,1H3. The molecule has 3 aromatic rings. The first-order valence-corrected chi connectivity index (χ1v) is 7.96. The zero-order valence-corrected chi connectivity index (χ0v) is 13.1. The molecule has 2 nitrogen and oxygen atoms in total. The van der Waals surface area contributed by atoms with Gasteiger partial charge in [0, 0.05) is 21.5 Å². The van der Waals surface area contributed by atoms with Crippen molar-refractivity contribution in [2.45, 2.75) is 6.92 Å². The molecule has 1 aromatic heterocycles. The minimum atomic E-state index is 0.677. The molecule has 0 unspecified atom stereocenters. The van der Waals surface area contributed by atoms with Gasteiger partial charge >= 0.3 is 0 Å². The van der Waals surface area contributed by atoms with Gasteiger partial charge in [-0.25, -0.2) is 4.98 Å². The van der Waals surface area contributed by atoms with Crippen LogP contribution in [0, 0.1) is 0 Å². The Kier molecular flexibility index (Phi) is 4.23. The molecule has 0 radical (unpaired) electrons. The van der Waals surface area contributed by atoms with Crippen LogP contribution in [0.5, 0.6) is 5.75 Å². The molecular weight excluding hydrogens is 302 g/mol. The van der Waals surface area contributed by atoms with Crippen molar-refractivity contribution < 1.29 is 4.74 Å². The van der Waals surface area contributed by atoms with Gasteiger partial charge in [-0.05, 0) is 43.3 Å². The van der Waals surface area contributed by atoms with Crippen molar-refractivity contribution in [2.24, 2.45) is 0 Å². The molecule has 0 N–H and O–H groups in total. The van der Waals surface area contributed by atoms with Gasteiger partial charge in [0.1, 0.15) is 10.8 Å². The molecule has 0 atom stereocenters. The van der Waals surface area contributed by atoms with Crippen LogP contribution >= 0.6 is 22.9 Å². The van der Waals surface area contributed by atoms with E-state index in [-0.39, 0.29) is 0 Å². The van der Waals surface area contributed by atoms with E-state index >= 15 is 0 Å². The largest absolute Gasteiger partial charge is 0.494 e. The second-order valence-electron chi connectivity index (χ2n) is 4.50. The molecule has 0 aliphatic carbocycles. The normalized spacial score (nSPS) is 10.6. The highest BCUT2D eigenvalue weighted by atomic mass is 35.5. The number of rotatable bonds is 4. The fraction of sp³-hybridized carbons (Fsp3) is 0.118. The maximum Gasteiger partial charge on any atom is 0.124 e. The Morgan fingerprint density at radius 2 is 1.67 bits per heavy atom. The zero-order chi connectivity index (χ0) is 14.7. The molecule has 0 amide bonds. The molecule has 0 saturated carbocycles. The Morgan fingerprint density at radius 1 is 1.00 bits per heavy atom. The van der Waals surface area contributed by atoms with Crippen LogP contribution in [0.15, 0.2) is 53.9 Å². The SMILES string of the molecule is CCOc1ccc(-c2csc(-c3ccc(Cl)cc3)n2)cc1. The molecule has 21 heavy (non-hydrogen) atoms. The molecular formula is C17H14ClNOS. The molecule has 2 aromatic carbocycles. The van der Waals surface area contributed by atoms with E-state index in [4.69, 9.17) is 21.3 Å². The van der Waals surface area contributed by atoms with E-state index in [0.29, 0.717) is 6.61 Å². The van der Waals surface area contributed by atoms with Gasteiger partial charge in [0.05, 0.1) is 12.3 Å². The Labute approximate surface area is 133 Å². The summed E-state index contributed by atoms with van der Waals surface area (Å²) in [4.78, 5) is 4.69. The Morgan fingerprint density at radius 3 is 2.33 bits per heavy atom. The fourth-order valence-electron chi connectivity index (χ4n) is 2.02. The number of halogens is 1. The summed E-state index contributed by atoms with van der Waals surface area (Å²) < 4.78 is 5.45. The first-order chi connectivity index (χ1) is 10.3. The van der Waals surface area contributed by atoms with E-state index in [1.165, 1.54) is 0 Å². The summed E-state index contributed by atoms with van der Waals surface area (Å²) in [5.74, 6) is 0.884. The lowest BCUT2D eigenvalue weighted by atomic mass is 10.1. The fourth-order valence-corrected chi connectivity index (χ4v) is 2.98. The average Bonchev–Trinajstić information content (AvgIpc) is 2.99. The van der Waals surface area contributed by atoms with Crippen molar-refractivity contribution in [3.8, 4) is 27.6 Å². The van der Waals surface area contributed by atoms with Crippen molar-refractivity contribution in [1.82, 2.24) is 4.98 Å². The van der Waals surface area contributed by atoms with E-state index in [1.807, 2.05) is 55.5 Å². The van der Waals surface area contributed by atoms with Crippen molar-refractivity contribution in [1.29, 1.82) is 0 Å². The number of benzene rings is 2. The smallest absolute Gasteiger partial charge is 0.124 e. The Hall–Kier alpha value is -1.84. The van der Waals surface area contributed by atoms with Gasteiger partial charge in [-0.1, -0.05) is 23.7 Å². The van der Waals surface area contributed by atoms with Crippen LogP contribution in [0.2, 0.25) is 5.02 Å². The topological polar surface area (TPSA) is 22.1 Å². The Balaban J connectivity index is 1.85. The van der Waals surface area contributed by atoms with Crippen molar-refractivity contribution in [3.63, 3.8) is 0 Å². The number of hydrogen-bond donors (Lipinski definition) is 0. The summed E-state index contributed by atoms with van der Waals surface area (Å²) in [5.41, 5.74) is 3.16. The maximum atomic E-state index is 5.91. The summed E-state index contributed by atoms with van der Waals surface area (Å²) in [6.07, 6.45) is 0. The van der Waals surface area contributed by atoms with Crippen LogP contribution in [0.25, 0.3) is 21.8 Å². The molecule has 3 rings (SSSR count). The summed E-state index contributed by atoms with van der Waals surface area (Å²) in [6, 6.07) is 15.8. The number of aromatic nitrogens is 1. The lowest BCUT2D eigenvalue weighted by Gasteiger charge is -2.03. The molecule has 0 bridgehead atoms. The van der Waals surface area contributed by atoms with Gasteiger partial charge in [0.2, 0.25) is 0 Å². The van der Waals surface area contributed by atoms with E-state index in [1.54, 1.807) is 11.3 Å². The maximum absolute atomic E-state index is 5.91. The second kappa shape index (κ2) is 6.29. The summed E-state index contributed by atoms with van der Waals surface area (Å²) in [6.45, 7) is 2.66. The van der Waals surface area contributed by atoms with Crippen LogP contribution in [-0.2, 0) is 0 Å². The lowest BCUT2D eigenvalue weighted by molar-refractivity contribution is 0.340. The van der Waals surface area contributed by atoms with Gasteiger partial charge in [-0.2, -0.15) is 0 Å². The highest BCUT2D eigenvalue weighted by molar-refractivity contribution is 7.13. The van der Waals surface area contributed by atoms with Crippen LogP contribution < -0.4 is 4.74 Å². The van der Waals surface area contributed by atoms with Gasteiger partial charge < -0.3 is 4.74 Å². The second-order valence-corrected chi connectivity index (χ2v) is 5.80. The average molecular weight is 316 g/mol. The summed E-state index contributed by atoms with van der Waals surface area (Å²) in [7, 11) is 0. The molecule has 4 heteroatoms. The van der Waals surface area contributed by atoms with Crippen molar-refractivity contribution in [3.05, 3.63) is 58.9 Å².